The molecule has 5 nitrogen and oxygen atoms in total. The average molecular weight is 331 g/mol. The first-order valence-corrected chi connectivity index (χ1v) is 8.45. The lowest BCUT2D eigenvalue weighted by atomic mass is 10.2. The summed E-state index contributed by atoms with van der Waals surface area (Å²) in [4.78, 5) is 26.9. The van der Waals surface area contributed by atoms with Crippen molar-refractivity contribution in [3.05, 3.63) is 40.9 Å². The number of benzene rings is 1. The number of thiazole rings is 1. The Hall–Kier alpha value is -2.21. The van der Waals surface area contributed by atoms with Crippen LogP contribution in [0.15, 0.2) is 29.6 Å². The molecule has 1 heterocycles. The molecule has 1 aromatic carbocycles. The molecular formula is C17H21N3O2S. The standard InChI is InChI=1S/C17H21N3O2S/c1-12-3-5-14(6-4-12)17-20-15(11-23-17)7-9-19-16(22)8-10-18-13(2)21/h3-6,11H,7-10H2,1-2H3,(H,18,21)(H,19,22). The Balaban J connectivity index is 1.75. The molecular weight excluding hydrogens is 310 g/mol. The maximum Gasteiger partial charge on any atom is 0.221 e. The highest BCUT2D eigenvalue weighted by Crippen LogP contribution is 2.24. The van der Waals surface area contributed by atoms with Gasteiger partial charge < -0.3 is 10.6 Å². The molecule has 0 spiro atoms. The van der Waals surface area contributed by atoms with Gasteiger partial charge in [0.1, 0.15) is 5.01 Å². The lowest BCUT2D eigenvalue weighted by Crippen LogP contribution is -2.30. The fraction of sp³-hybridized carbons (Fsp3) is 0.353. The van der Waals surface area contributed by atoms with Gasteiger partial charge in [-0.25, -0.2) is 4.98 Å². The third-order valence-electron chi connectivity index (χ3n) is 3.28. The van der Waals surface area contributed by atoms with Crippen molar-refractivity contribution in [3.63, 3.8) is 0 Å². The molecule has 2 aromatic rings. The quantitative estimate of drug-likeness (QED) is 0.818. The Morgan fingerprint density at radius 3 is 2.57 bits per heavy atom. The van der Waals surface area contributed by atoms with Crippen LogP contribution in [0.2, 0.25) is 0 Å². The number of carbonyl (C=O) groups excluding carboxylic acids is 2. The van der Waals surface area contributed by atoms with Gasteiger partial charge in [0.15, 0.2) is 0 Å². The van der Waals surface area contributed by atoms with E-state index in [9.17, 15) is 9.59 Å². The normalized spacial score (nSPS) is 10.3. The molecule has 0 fully saturated rings. The van der Waals surface area contributed by atoms with Crippen LogP contribution in [0.4, 0.5) is 0 Å². The van der Waals surface area contributed by atoms with Gasteiger partial charge in [-0.15, -0.1) is 11.3 Å². The predicted octanol–water partition coefficient (Wildman–Crippen LogP) is 2.30. The highest BCUT2D eigenvalue weighted by molar-refractivity contribution is 7.13. The summed E-state index contributed by atoms with van der Waals surface area (Å²) >= 11 is 1.61. The van der Waals surface area contributed by atoms with Crippen LogP contribution in [-0.4, -0.2) is 29.9 Å². The Morgan fingerprint density at radius 2 is 1.87 bits per heavy atom. The summed E-state index contributed by atoms with van der Waals surface area (Å²) in [5.74, 6) is -0.184. The molecule has 2 N–H and O–H groups in total. The second-order valence-corrected chi connectivity index (χ2v) is 6.20. The highest BCUT2D eigenvalue weighted by atomic mass is 32.1. The van der Waals surface area contributed by atoms with E-state index < -0.39 is 0 Å². The van der Waals surface area contributed by atoms with Crippen molar-refractivity contribution >= 4 is 23.2 Å². The van der Waals surface area contributed by atoms with E-state index in [4.69, 9.17) is 0 Å². The van der Waals surface area contributed by atoms with Crippen LogP contribution < -0.4 is 10.6 Å². The number of amides is 2. The minimum absolute atomic E-state index is 0.0623. The second kappa shape index (κ2) is 8.43. The zero-order valence-electron chi connectivity index (χ0n) is 13.4. The molecule has 0 atom stereocenters. The van der Waals surface area contributed by atoms with E-state index in [0.717, 1.165) is 16.3 Å². The van der Waals surface area contributed by atoms with E-state index in [1.165, 1.54) is 12.5 Å². The van der Waals surface area contributed by atoms with Crippen molar-refractivity contribution < 1.29 is 9.59 Å². The molecule has 0 unspecified atom stereocenters. The van der Waals surface area contributed by atoms with Gasteiger partial charge in [0.05, 0.1) is 5.69 Å². The number of rotatable bonds is 7. The van der Waals surface area contributed by atoms with E-state index in [2.05, 4.69) is 46.8 Å². The van der Waals surface area contributed by atoms with E-state index in [0.29, 0.717) is 25.9 Å². The monoisotopic (exact) mass is 331 g/mol. The van der Waals surface area contributed by atoms with Gasteiger partial charge in [-0.2, -0.15) is 0 Å². The fourth-order valence-electron chi connectivity index (χ4n) is 2.02. The minimum Gasteiger partial charge on any atom is -0.356 e. The van der Waals surface area contributed by atoms with Crippen LogP contribution in [0.25, 0.3) is 10.6 Å². The number of nitrogens with zero attached hydrogens (tertiary/aromatic N) is 1. The minimum atomic E-state index is -0.121. The smallest absolute Gasteiger partial charge is 0.221 e. The molecule has 0 saturated carbocycles. The van der Waals surface area contributed by atoms with Crippen LogP contribution in [0, 0.1) is 6.92 Å². The van der Waals surface area contributed by atoms with Gasteiger partial charge in [-0.1, -0.05) is 29.8 Å². The van der Waals surface area contributed by atoms with Gasteiger partial charge in [0, 0.05) is 43.8 Å². The maximum atomic E-state index is 11.6. The number of aryl methyl sites for hydroxylation is 1. The summed E-state index contributed by atoms with van der Waals surface area (Å²) in [5.41, 5.74) is 3.33. The molecule has 23 heavy (non-hydrogen) atoms. The van der Waals surface area contributed by atoms with E-state index in [-0.39, 0.29) is 11.8 Å². The number of nitrogens with one attached hydrogen (secondary N) is 2. The van der Waals surface area contributed by atoms with Crippen molar-refractivity contribution in [2.45, 2.75) is 26.7 Å². The number of hydrogen-bond donors (Lipinski definition) is 2. The summed E-state index contributed by atoms with van der Waals surface area (Å²) in [7, 11) is 0. The number of hydrogen-bond acceptors (Lipinski definition) is 4. The molecule has 2 amide bonds. The van der Waals surface area contributed by atoms with E-state index >= 15 is 0 Å². The largest absolute Gasteiger partial charge is 0.356 e. The summed E-state index contributed by atoms with van der Waals surface area (Å²) in [6, 6.07) is 8.29. The van der Waals surface area contributed by atoms with Gasteiger partial charge in [0.2, 0.25) is 11.8 Å². The molecule has 0 bridgehead atoms. The number of carbonyl (C=O) groups is 2. The first kappa shape index (κ1) is 17.1. The van der Waals surface area contributed by atoms with Crippen molar-refractivity contribution in [3.8, 4) is 10.6 Å². The molecule has 1 aromatic heterocycles. The second-order valence-electron chi connectivity index (χ2n) is 5.34. The van der Waals surface area contributed by atoms with Crippen molar-refractivity contribution in [2.75, 3.05) is 13.1 Å². The Morgan fingerprint density at radius 1 is 1.13 bits per heavy atom. The molecule has 2 rings (SSSR count). The van der Waals surface area contributed by atoms with Gasteiger partial charge in [-0.3, -0.25) is 9.59 Å². The fourth-order valence-corrected chi connectivity index (χ4v) is 2.88. The molecule has 0 aliphatic heterocycles. The Labute approximate surface area is 140 Å². The lowest BCUT2D eigenvalue weighted by molar-refractivity contribution is -0.121. The Bertz CT molecular complexity index is 665. The summed E-state index contributed by atoms with van der Waals surface area (Å²) in [6.07, 6.45) is 1.000. The Kier molecular flexibility index (Phi) is 6.29. The molecule has 0 saturated heterocycles. The van der Waals surface area contributed by atoms with E-state index in [1.54, 1.807) is 11.3 Å². The predicted molar refractivity (Wildman–Crippen MR) is 92.3 cm³/mol. The lowest BCUT2D eigenvalue weighted by Gasteiger charge is -2.04. The molecule has 0 radical (unpaired) electrons. The van der Waals surface area contributed by atoms with Gasteiger partial charge >= 0.3 is 0 Å². The van der Waals surface area contributed by atoms with Crippen LogP contribution in [0.1, 0.15) is 24.6 Å². The summed E-state index contributed by atoms with van der Waals surface area (Å²) in [5, 5.41) is 8.46. The van der Waals surface area contributed by atoms with Gasteiger partial charge in [-0.05, 0) is 6.92 Å². The SMILES string of the molecule is CC(=O)NCCC(=O)NCCc1csc(-c2ccc(C)cc2)n1. The zero-order chi connectivity index (χ0) is 16.7. The van der Waals surface area contributed by atoms with Crippen LogP contribution in [0.5, 0.6) is 0 Å². The van der Waals surface area contributed by atoms with Crippen LogP contribution in [-0.2, 0) is 16.0 Å². The summed E-state index contributed by atoms with van der Waals surface area (Å²) in [6.45, 7) is 4.42. The highest BCUT2D eigenvalue weighted by Gasteiger charge is 2.06. The van der Waals surface area contributed by atoms with Crippen LogP contribution >= 0.6 is 11.3 Å². The first-order chi connectivity index (χ1) is 11.0. The third-order valence-corrected chi connectivity index (χ3v) is 4.22. The van der Waals surface area contributed by atoms with E-state index in [1.807, 2.05) is 5.38 Å². The van der Waals surface area contributed by atoms with Crippen LogP contribution in [0.3, 0.4) is 0 Å². The number of aromatic nitrogens is 1. The third kappa shape index (κ3) is 5.83. The molecule has 6 heteroatoms. The maximum absolute atomic E-state index is 11.6. The van der Waals surface area contributed by atoms with Crippen molar-refractivity contribution in [1.82, 2.24) is 15.6 Å². The molecule has 0 aliphatic rings. The topological polar surface area (TPSA) is 71.1 Å². The average Bonchev–Trinajstić information content (AvgIpc) is 2.96. The van der Waals surface area contributed by atoms with Crippen molar-refractivity contribution in [2.24, 2.45) is 0 Å². The molecule has 0 aliphatic carbocycles. The van der Waals surface area contributed by atoms with Crippen molar-refractivity contribution in [1.29, 1.82) is 0 Å². The van der Waals surface area contributed by atoms with Gasteiger partial charge in [0.25, 0.3) is 0 Å². The summed E-state index contributed by atoms with van der Waals surface area (Å²) < 4.78 is 0. The first-order valence-electron chi connectivity index (χ1n) is 7.57. The molecule has 122 valence electrons. The zero-order valence-corrected chi connectivity index (χ0v) is 14.2.